The first-order valence-electron chi connectivity index (χ1n) is 5.97. The van der Waals surface area contributed by atoms with Gasteiger partial charge in [-0.1, -0.05) is 29.8 Å². The minimum atomic E-state index is -0.423. The molecule has 1 aliphatic heterocycles. The highest BCUT2D eigenvalue weighted by Crippen LogP contribution is 2.17. The molecule has 18 heavy (non-hydrogen) atoms. The van der Waals surface area contributed by atoms with Gasteiger partial charge in [-0.2, -0.15) is 0 Å². The lowest BCUT2D eigenvalue weighted by molar-refractivity contribution is -0.132. The summed E-state index contributed by atoms with van der Waals surface area (Å²) < 4.78 is 0. The van der Waals surface area contributed by atoms with Gasteiger partial charge in [0.1, 0.15) is 0 Å². The SMILES string of the molecule is CN(Cc1ccccc1Cl)C(=O)[C@H]1C[C@@H](O)CN1. The number of aliphatic hydroxyl groups is 1. The molecule has 1 fully saturated rings. The molecule has 4 nitrogen and oxygen atoms in total. The van der Waals surface area contributed by atoms with Crippen LogP contribution in [0.1, 0.15) is 12.0 Å². The summed E-state index contributed by atoms with van der Waals surface area (Å²) in [5.74, 6) is -0.00790. The Kier molecular flexibility index (Phi) is 4.22. The van der Waals surface area contributed by atoms with Crippen LogP contribution < -0.4 is 5.32 Å². The second-order valence-electron chi connectivity index (χ2n) is 4.64. The number of hydrogen-bond acceptors (Lipinski definition) is 3. The number of amides is 1. The number of rotatable bonds is 3. The Balaban J connectivity index is 1.98. The molecule has 0 aliphatic carbocycles. The molecule has 1 aromatic carbocycles. The van der Waals surface area contributed by atoms with E-state index in [-0.39, 0.29) is 11.9 Å². The van der Waals surface area contributed by atoms with Gasteiger partial charge in [0.15, 0.2) is 0 Å². The highest BCUT2D eigenvalue weighted by Gasteiger charge is 2.30. The second kappa shape index (κ2) is 5.69. The quantitative estimate of drug-likeness (QED) is 0.861. The molecule has 2 N–H and O–H groups in total. The standard InChI is InChI=1S/C13H17ClN2O2/c1-16(8-9-4-2-3-5-11(9)14)13(18)12-6-10(17)7-15-12/h2-5,10,12,15,17H,6-8H2,1H3/t10-,12-/m1/s1. The van der Waals surface area contributed by atoms with Crippen molar-refractivity contribution < 1.29 is 9.90 Å². The summed E-state index contributed by atoms with van der Waals surface area (Å²) in [5, 5.41) is 13.1. The molecule has 0 radical (unpaired) electrons. The molecule has 98 valence electrons. The van der Waals surface area contributed by atoms with E-state index in [2.05, 4.69) is 5.32 Å². The van der Waals surface area contributed by atoms with E-state index in [4.69, 9.17) is 11.6 Å². The van der Waals surface area contributed by atoms with E-state index < -0.39 is 6.10 Å². The van der Waals surface area contributed by atoms with Gasteiger partial charge in [-0.15, -0.1) is 0 Å². The fourth-order valence-corrected chi connectivity index (χ4v) is 2.33. The number of carbonyl (C=O) groups excluding carboxylic acids is 1. The number of likely N-dealkylation sites (N-methyl/N-ethyl adjacent to an activating group) is 1. The van der Waals surface area contributed by atoms with Crippen LogP contribution in [0.3, 0.4) is 0 Å². The van der Waals surface area contributed by atoms with Crippen LogP contribution in [0.15, 0.2) is 24.3 Å². The van der Waals surface area contributed by atoms with E-state index in [9.17, 15) is 9.90 Å². The third kappa shape index (κ3) is 3.02. The number of aliphatic hydroxyl groups excluding tert-OH is 1. The average Bonchev–Trinajstić information content (AvgIpc) is 2.78. The summed E-state index contributed by atoms with van der Waals surface area (Å²) in [6, 6.07) is 7.20. The number of β-amino-alcohol motifs (C(OH)–C–C–N with tert-alkyl or cyclic N) is 1. The van der Waals surface area contributed by atoms with Gasteiger partial charge < -0.3 is 15.3 Å². The van der Waals surface area contributed by atoms with Crippen molar-refractivity contribution in [3.63, 3.8) is 0 Å². The Hall–Kier alpha value is -1.10. The largest absolute Gasteiger partial charge is 0.392 e. The lowest BCUT2D eigenvalue weighted by Crippen LogP contribution is -2.41. The van der Waals surface area contributed by atoms with E-state index >= 15 is 0 Å². The van der Waals surface area contributed by atoms with Crippen molar-refractivity contribution in [2.24, 2.45) is 0 Å². The molecule has 0 saturated carbocycles. The number of nitrogens with zero attached hydrogens (tertiary/aromatic N) is 1. The molecule has 0 spiro atoms. The highest BCUT2D eigenvalue weighted by molar-refractivity contribution is 6.31. The summed E-state index contributed by atoms with van der Waals surface area (Å²) in [5.41, 5.74) is 0.925. The predicted octanol–water partition coefficient (Wildman–Crippen LogP) is 1.02. The number of benzene rings is 1. The summed E-state index contributed by atoms with van der Waals surface area (Å²) in [6.07, 6.45) is 0.0544. The van der Waals surface area contributed by atoms with Crippen LogP contribution in [-0.2, 0) is 11.3 Å². The molecular weight excluding hydrogens is 252 g/mol. The number of hydrogen-bond donors (Lipinski definition) is 2. The van der Waals surface area contributed by atoms with Gasteiger partial charge in [-0.05, 0) is 18.1 Å². The Labute approximate surface area is 112 Å². The number of nitrogens with one attached hydrogen (secondary N) is 1. The van der Waals surface area contributed by atoms with Crippen molar-refractivity contribution in [3.05, 3.63) is 34.9 Å². The Morgan fingerprint density at radius 1 is 1.56 bits per heavy atom. The van der Waals surface area contributed by atoms with Crippen molar-refractivity contribution in [1.29, 1.82) is 0 Å². The number of halogens is 1. The van der Waals surface area contributed by atoms with Crippen LogP contribution in [0.2, 0.25) is 5.02 Å². The molecule has 1 aromatic rings. The maximum Gasteiger partial charge on any atom is 0.239 e. The van der Waals surface area contributed by atoms with Gasteiger partial charge in [0, 0.05) is 25.2 Å². The summed E-state index contributed by atoms with van der Waals surface area (Å²) in [7, 11) is 1.75. The Morgan fingerprint density at radius 3 is 2.89 bits per heavy atom. The van der Waals surface area contributed by atoms with Crippen LogP contribution in [0.25, 0.3) is 0 Å². The van der Waals surface area contributed by atoms with Gasteiger partial charge >= 0.3 is 0 Å². The van der Waals surface area contributed by atoms with Gasteiger partial charge in [-0.25, -0.2) is 0 Å². The van der Waals surface area contributed by atoms with Crippen LogP contribution in [0.4, 0.5) is 0 Å². The molecule has 0 bridgehead atoms. The van der Waals surface area contributed by atoms with Gasteiger partial charge in [0.25, 0.3) is 0 Å². The highest BCUT2D eigenvalue weighted by atomic mass is 35.5. The molecule has 0 unspecified atom stereocenters. The van der Waals surface area contributed by atoms with Crippen molar-refractivity contribution in [3.8, 4) is 0 Å². The smallest absolute Gasteiger partial charge is 0.239 e. The van der Waals surface area contributed by atoms with E-state index in [1.54, 1.807) is 11.9 Å². The summed E-state index contributed by atoms with van der Waals surface area (Å²) in [6.45, 7) is 0.961. The zero-order valence-electron chi connectivity index (χ0n) is 10.3. The van der Waals surface area contributed by atoms with Crippen LogP contribution in [0, 0.1) is 0 Å². The zero-order valence-corrected chi connectivity index (χ0v) is 11.0. The maximum atomic E-state index is 12.1. The van der Waals surface area contributed by atoms with E-state index in [1.165, 1.54) is 0 Å². The molecule has 1 saturated heterocycles. The molecular formula is C13H17ClN2O2. The molecule has 5 heteroatoms. The molecule has 1 amide bonds. The van der Waals surface area contributed by atoms with Gasteiger partial charge in [-0.3, -0.25) is 4.79 Å². The fourth-order valence-electron chi connectivity index (χ4n) is 2.13. The lowest BCUT2D eigenvalue weighted by Gasteiger charge is -2.21. The van der Waals surface area contributed by atoms with Crippen LogP contribution in [0.5, 0.6) is 0 Å². The van der Waals surface area contributed by atoms with E-state index in [1.807, 2.05) is 24.3 Å². The molecule has 2 atom stereocenters. The van der Waals surface area contributed by atoms with E-state index in [0.29, 0.717) is 24.5 Å². The monoisotopic (exact) mass is 268 g/mol. The Morgan fingerprint density at radius 2 is 2.28 bits per heavy atom. The molecule has 2 rings (SSSR count). The number of carbonyl (C=O) groups is 1. The van der Waals surface area contributed by atoms with Crippen LogP contribution >= 0.6 is 11.6 Å². The molecule has 1 aliphatic rings. The normalized spacial score (nSPS) is 23.1. The van der Waals surface area contributed by atoms with Crippen LogP contribution in [-0.4, -0.2) is 41.7 Å². The van der Waals surface area contributed by atoms with Gasteiger partial charge in [0.05, 0.1) is 12.1 Å². The van der Waals surface area contributed by atoms with Crippen molar-refractivity contribution in [1.82, 2.24) is 10.2 Å². The second-order valence-corrected chi connectivity index (χ2v) is 5.04. The maximum absolute atomic E-state index is 12.1. The van der Waals surface area contributed by atoms with Crippen molar-refractivity contribution in [2.45, 2.75) is 25.1 Å². The lowest BCUT2D eigenvalue weighted by atomic mass is 10.1. The fraction of sp³-hybridized carbons (Fsp3) is 0.462. The van der Waals surface area contributed by atoms with Crippen molar-refractivity contribution >= 4 is 17.5 Å². The third-order valence-corrected chi connectivity index (χ3v) is 3.52. The first-order chi connectivity index (χ1) is 8.58. The summed E-state index contributed by atoms with van der Waals surface area (Å²) in [4.78, 5) is 13.8. The first kappa shape index (κ1) is 13.3. The zero-order chi connectivity index (χ0) is 13.1. The topological polar surface area (TPSA) is 52.6 Å². The summed E-state index contributed by atoms with van der Waals surface area (Å²) >= 11 is 6.06. The molecule has 1 heterocycles. The minimum absolute atomic E-state index is 0.00790. The van der Waals surface area contributed by atoms with E-state index in [0.717, 1.165) is 5.56 Å². The average molecular weight is 269 g/mol. The van der Waals surface area contributed by atoms with Crippen molar-refractivity contribution in [2.75, 3.05) is 13.6 Å². The Bertz CT molecular complexity index is 439. The minimum Gasteiger partial charge on any atom is -0.392 e. The first-order valence-corrected chi connectivity index (χ1v) is 6.35. The molecule has 0 aromatic heterocycles. The third-order valence-electron chi connectivity index (χ3n) is 3.15. The predicted molar refractivity (Wildman–Crippen MR) is 70.3 cm³/mol. The van der Waals surface area contributed by atoms with Gasteiger partial charge in [0.2, 0.25) is 5.91 Å².